The fourth-order valence-electron chi connectivity index (χ4n) is 3.65. The second-order valence-corrected chi connectivity index (χ2v) is 10.0. The number of amides is 1. The monoisotopic (exact) mass is 466 g/mol. The summed E-state index contributed by atoms with van der Waals surface area (Å²) in [6, 6.07) is 3.38. The van der Waals surface area contributed by atoms with Crippen molar-refractivity contribution in [1.82, 2.24) is 10.2 Å². The number of β-lactam (4-membered cyclic amide) rings is 1. The van der Waals surface area contributed by atoms with Crippen LogP contribution in [-0.4, -0.2) is 58.8 Å². The number of nitrogens with zero attached hydrogens (tertiary/aromatic N) is 1. The van der Waals surface area contributed by atoms with Gasteiger partial charge in [0, 0.05) is 17.5 Å². The fraction of sp³-hybridized carbons (Fsp3) is 0.524. The molecular weight excluding hydrogens is 440 g/mol. The molecule has 0 bridgehead atoms. The van der Waals surface area contributed by atoms with Gasteiger partial charge in [0.1, 0.15) is 10.7 Å². The molecule has 0 saturated carbocycles. The van der Waals surface area contributed by atoms with Crippen LogP contribution in [0, 0.1) is 11.3 Å². The van der Waals surface area contributed by atoms with E-state index in [1.165, 1.54) is 16.2 Å². The summed E-state index contributed by atoms with van der Waals surface area (Å²) >= 11 is 6.68. The number of aliphatic hydroxyl groups excluding tert-OH is 1. The van der Waals surface area contributed by atoms with Gasteiger partial charge < -0.3 is 24.8 Å². The van der Waals surface area contributed by atoms with Crippen LogP contribution in [0.25, 0.3) is 5.57 Å². The van der Waals surface area contributed by atoms with Crippen LogP contribution in [-0.2, 0) is 23.9 Å². The van der Waals surface area contributed by atoms with Crippen LogP contribution in [0.5, 0.6) is 0 Å². The third-order valence-electron chi connectivity index (χ3n) is 5.27. The van der Waals surface area contributed by atoms with Crippen LogP contribution in [0.15, 0.2) is 17.8 Å². The molecular formula is C21H26N2O6S2. The van der Waals surface area contributed by atoms with E-state index in [1.807, 2.05) is 12.1 Å². The summed E-state index contributed by atoms with van der Waals surface area (Å²) in [5.41, 5.74) is 0.0538. The number of ether oxygens (including phenoxy) is 2. The van der Waals surface area contributed by atoms with Gasteiger partial charge in [-0.3, -0.25) is 9.59 Å². The minimum Gasteiger partial charge on any atom is -0.427 e. The number of hydrogen-bond acceptors (Lipinski definition) is 8. The first-order chi connectivity index (χ1) is 14.5. The van der Waals surface area contributed by atoms with E-state index >= 15 is 0 Å². The first kappa shape index (κ1) is 23.4. The zero-order valence-electron chi connectivity index (χ0n) is 18.1. The number of carbonyl (C=O) groups excluding carboxylic acids is 3. The summed E-state index contributed by atoms with van der Waals surface area (Å²) in [6.45, 7) is 6.10. The van der Waals surface area contributed by atoms with Gasteiger partial charge in [0.05, 0.1) is 28.4 Å². The van der Waals surface area contributed by atoms with Gasteiger partial charge in [-0.1, -0.05) is 12.2 Å². The highest BCUT2D eigenvalue weighted by Gasteiger charge is 2.57. The first-order valence-electron chi connectivity index (χ1n) is 9.88. The van der Waals surface area contributed by atoms with Gasteiger partial charge in [-0.05, 0) is 46.2 Å². The molecule has 2 N–H and O–H groups in total. The van der Waals surface area contributed by atoms with Gasteiger partial charge >= 0.3 is 11.9 Å². The molecule has 0 aromatic carbocycles. The zero-order valence-corrected chi connectivity index (χ0v) is 19.7. The lowest BCUT2D eigenvalue weighted by molar-refractivity contribution is -0.175. The van der Waals surface area contributed by atoms with Crippen molar-refractivity contribution in [2.45, 2.75) is 46.3 Å². The van der Waals surface area contributed by atoms with Crippen LogP contribution in [0.2, 0.25) is 0 Å². The number of carbonyl (C=O) groups is 3. The van der Waals surface area contributed by atoms with E-state index in [-0.39, 0.29) is 17.6 Å². The predicted octanol–water partition coefficient (Wildman–Crippen LogP) is 2.06. The summed E-state index contributed by atoms with van der Waals surface area (Å²) in [4.78, 5) is 41.1. The molecule has 10 heteroatoms. The molecule has 1 fully saturated rings. The van der Waals surface area contributed by atoms with Crippen molar-refractivity contribution in [2.75, 3.05) is 13.8 Å². The van der Waals surface area contributed by atoms with Crippen molar-refractivity contribution < 1.29 is 29.0 Å². The Morgan fingerprint density at radius 3 is 2.61 bits per heavy atom. The number of hydrogen-bond donors (Lipinski definition) is 2. The van der Waals surface area contributed by atoms with E-state index in [9.17, 15) is 19.5 Å². The largest absolute Gasteiger partial charge is 0.427 e. The summed E-state index contributed by atoms with van der Waals surface area (Å²) in [5.74, 6) is -2.15. The Morgan fingerprint density at radius 1 is 1.35 bits per heavy atom. The zero-order chi connectivity index (χ0) is 23.1. The van der Waals surface area contributed by atoms with Gasteiger partial charge in [-0.25, -0.2) is 4.79 Å². The Kier molecular flexibility index (Phi) is 6.54. The molecule has 0 radical (unpaired) electrons. The number of thiophene rings is 1. The summed E-state index contributed by atoms with van der Waals surface area (Å²) in [6.07, 6.45) is -0.409. The van der Waals surface area contributed by atoms with Gasteiger partial charge in [-0.15, -0.1) is 11.3 Å². The summed E-state index contributed by atoms with van der Waals surface area (Å²) in [7, 11) is 1.73. The summed E-state index contributed by atoms with van der Waals surface area (Å²) in [5, 5.41) is 12.9. The lowest BCUT2D eigenvalue weighted by Crippen LogP contribution is -2.61. The Balaban J connectivity index is 1.86. The fourth-order valence-corrected chi connectivity index (χ4v) is 4.85. The molecule has 31 heavy (non-hydrogen) atoms. The van der Waals surface area contributed by atoms with E-state index in [4.69, 9.17) is 21.7 Å². The lowest BCUT2D eigenvalue weighted by atomic mass is 9.83. The average molecular weight is 467 g/mol. The maximum absolute atomic E-state index is 12.9. The average Bonchev–Trinajstić information content (AvgIpc) is 3.28. The van der Waals surface area contributed by atoms with Crippen molar-refractivity contribution in [1.29, 1.82) is 0 Å². The highest BCUT2D eigenvalue weighted by atomic mass is 32.1. The number of aliphatic hydroxyl groups is 1. The van der Waals surface area contributed by atoms with E-state index < -0.39 is 36.2 Å². The smallest absolute Gasteiger partial charge is 0.358 e. The molecule has 1 amide bonds. The Bertz CT molecular complexity index is 959. The Morgan fingerprint density at radius 2 is 2.03 bits per heavy atom. The first-order valence-corrected chi connectivity index (χ1v) is 11.1. The van der Waals surface area contributed by atoms with Crippen LogP contribution in [0.4, 0.5) is 0 Å². The van der Waals surface area contributed by atoms with E-state index in [0.29, 0.717) is 17.0 Å². The molecule has 1 aromatic heterocycles. The minimum absolute atomic E-state index is 0.127. The van der Waals surface area contributed by atoms with E-state index in [1.54, 1.807) is 34.7 Å². The third-order valence-corrected chi connectivity index (χ3v) is 6.98. The number of rotatable bonds is 6. The molecule has 0 aliphatic carbocycles. The van der Waals surface area contributed by atoms with Gasteiger partial charge in [0.25, 0.3) is 0 Å². The van der Waals surface area contributed by atoms with Gasteiger partial charge in [0.2, 0.25) is 12.7 Å². The van der Waals surface area contributed by atoms with Gasteiger partial charge in [0.15, 0.2) is 0 Å². The van der Waals surface area contributed by atoms with E-state index in [2.05, 4.69) is 5.32 Å². The molecule has 3 rings (SSSR count). The maximum atomic E-state index is 12.9. The Hall–Kier alpha value is -2.30. The molecule has 2 aliphatic rings. The van der Waals surface area contributed by atoms with Crippen LogP contribution < -0.4 is 5.32 Å². The van der Waals surface area contributed by atoms with E-state index in [0.717, 1.165) is 9.75 Å². The molecule has 3 atom stereocenters. The number of esters is 2. The highest BCUT2D eigenvalue weighted by Crippen LogP contribution is 2.48. The SMILES string of the molecule is CNC(=S)c1ccc(C2=C(C(=O)OCOC(=O)C(C)(C)C)N3C(=O)[C@H]([C@@H](C)O)[C@H]3C2)s1. The lowest BCUT2D eigenvalue weighted by Gasteiger charge is -2.44. The predicted molar refractivity (Wildman–Crippen MR) is 119 cm³/mol. The quantitative estimate of drug-likeness (QED) is 0.284. The molecule has 0 spiro atoms. The van der Waals surface area contributed by atoms with Crippen LogP contribution >= 0.6 is 23.6 Å². The second-order valence-electron chi connectivity index (χ2n) is 8.55. The number of fused-ring (bicyclic) bond motifs is 1. The molecule has 3 heterocycles. The van der Waals surface area contributed by atoms with Gasteiger partial charge in [-0.2, -0.15) is 0 Å². The molecule has 2 aliphatic heterocycles. The molecule has 0 unspecified atom stereocenters. The molecule has 168 valence electrons. The Labute approximate surface area is 190 Å². The standard InChI is InChI=1S/C21H26N2O6S2/c1-10(24)15-12-8-11(13-6-7-14(31-13)17(30)22-5)16(23(12)18(15)25)19(26)28-9-29-20(27)21(2,3)4/h6-7,10,12,15,24H,8-9H2,1-5H3,(H,22,30)/t10-,12-,15-/m1/s1. The van der Waals surface area contributed by atoms with Crippen LogP contribution in [0.1, 0.15) is 43.9 Å². The normalized spacial score (nSPS) is 21.4. The van der Waals surface area contributed by atoms with Crippen molar-refractivity contribution in [3.8, 4) is 0 Å². The molecule has 1 aromatic rings. The van der Waals surface area contributed by atoms with Crippen LogP contribution in [0.3, 0.4) is 0 Å². The molecule has 8 nitrogen and oxygen atoms in total. The topological polar surface area (TPSA) is 105 Å². The number of thiocarbonyl (C=S) groups is 1. The highest BCUT2D eigenvalue weighted by molar-refractivity contribution is 7.81. The van der Waals surface area contributed by atoms with Crippen molar-refractivity contribution in [2.24, 2.45) is 11.3 Å². The number of nitrogens with one attached hydrogen (secondary N) is 1. The second kappa shape index (κ2) is 8.68. The maximum Gasteiger partial charge on any atom is 0.358 e. The van der Waals surface area contributed by atoms with Crippen molar-refractivity contribution in [3.05, 3.63) is 27.6 Å². The van der Waals surface area contributed by atoms with Crippen molar-refractivity contribution >= 4 is 52.0 Å². The minimum atomic E-state index is -0.825. The summed E-state index contributed by atoms with van der Waals surface area (Å²) < 4.78 is 10.2. The molecule has 1 saturated heterocycles. The third kappa shape index (κ3) is 4.37. The van der Waals surface area contributed by atoms with Crippen molar-refractivity contribution in [3.63, 3.8) is 0 Å².